The number of benzene rings is 3. The average Bonchev–Trinajstić information content (AvgIpc) is 2.97. The number of rotatable bonds is 9. The third kappa shape index (κ3) is 7.21. The highest BCUT2D eigenvalue weighted by Crippen LogP contribution is 2.30. The summed E-state index contributed by atoms with van der Waals surface area (Å²) in [4.78, 5) is 22.1. The molecule has 0 saturated carbocycles. The van der Waals surface area contributed by atoms with Gasteiger partial charge in [0, 0.05) is 27.3 Å². The Kier molecular flexibility index (Phi) is 8.84. The van der Waals surface area contributed by atoms with Gasteiger partial charge in [0.25, 0.3) is 5.91 Å². The molecule has 0 unspecified atom stereocenters. The molecule has 0 atom stereocenters. The number of fused-ring (bicyclic) bond motifs is 1. The number of carbonyl (C=O) groups is 1. The molecule has 1 fully saturated rings. The molecule has 3 N–H and O–H groups in total. The Morgan fingerprint density at radius 1 is 1.05 bits per heavy atom. The summed E-state index contributed by atoms with van der Waals surface area (Å²) in [5.41, 5.74) is 2.73. The van der Waals surface area contributed by atoms with Gasteiger partial charge >= 0.3 is 0 Å². The summed E-state index contributed by atoms with van der Waals surface area (Å²) >= 11 is 7.34. The Morgan fingerprint density at radius 3 is 2.54 bits per heavy atom. The van der Waals surface area contributed by atoms with E-state index in [2.05, 4.69) is 26.9 Å². The van der Waals surface area contributed by atoms with Crippen molar-refractivity contribution in [3.05, 3.63) is 77.3 Å². The molecule has 0 aliphatic carbocycles. The minimum atomic E-state index is -0.234. The fourth-order valence-electron chi connectivity index (χ4n) is 4.29. The molecule has 1 aliphatic rings. The number of hydrogen-bond acceptors (Lipinski definition) is 7. The van der Waals surface area contributed by atoms with Gasteiger partial charge in [-0.2, -0.15) is 0 Å². The van der Waals surface area contributed by atoms with Crippen LogP contribution >= 0.6 is 23.4 Å². The number of piperidine rings is 1. The van der Waals surface area contributed by atoms with Crippen LogP contribution in [-0.2, 0) is 0 Å². The smallest absolute Gasteiger partial charge is 0.255 e. The first-order chi connectivity index (χ1) is 19.1. The van der Waals surface area contributed by atoms with E-state index >= 15 is 0 Å². The summed E-state index contributed by atoms with van der Waals surface area (Å²) in [5.74, 6) is 4.88. The van der Waals surface area contributed by atoms with Gasteiger partial charge in [-0.05, 0) is 98.6 Å². The van der Waals surface area contributed by atoms with Crippen molar-refractivity contribution in [1.29, 1.82) is 0 Å². The number of nitrogens with zero attached hydrogens (tertiary/aromatic N) is 2. The molecule has 0 spiro atoms. The number of nitrogens with one attached hydrogen (secondary N) is 3. The van der Waals surface area contributed by atoms with Gasteiger partial charge in [0.1, 0.15) is 11.6 Å². The number of terminal acetylenes is 1. The van der Waals surface area contributed by atoms with E-state index in [1.807, 2.05) is 42.5 Å². The number of anilines is 3. The van der Waals surface area contributed by atoms with E-state index in [1.165, 1.54) is 11.8 Å². The average molecular weight is 558 g/mol. The van der Waals surface area contributed by atoms with Crippen molar-refractivity contribution in [3.63, 3.8) is 0 Å². The molecule has 2 heterocycles. The maximum atomic E-state index is 12.8. The Morgan fingerprint density at radius 2 is 1.79 bits per heavy atom. The SMILES string of the molecule is C#CCSc1nc(Nc2ccc(OCC3CCNCC3)cc2)c2cc(NC(=O)c3ccc(Cl)cc3)ccc2n1. The van der Waals surface area contributed by atoms with E-state index < -0.39 is 0 Å². The molecule has 1 aromatic heterocycles. The lowest BCUT2D eigenvalue weighted by Crippen LogP contribution is -2.30. The van der Waals surface area contributed by atoms with Crippen LogP contribution in [0.4, 0.5) is 17.2 Å². The molecular formula is C30H28ClN5O2S. The van der Waals surface area contributed by atoms with Gasteiger partial charge in [-0.15, -0.1) is 6.42 Å². The van der Waals surface area contributed by atoms with Crippen molar-refractivity contribution in [2.24, 2.45) is 5.92 Å². The quantitative estimate of drug-likeness (QED) is 0.125. The second kappa shape index (κ2) is 12.9. The van der Waals surface area contributed by atoms with E-state index in [4.69, 9.17) is 27.7 Å². The summed E-state index contributed by atoms with van der Waals surface area (Å²) in [5, 5.41) is 11.6. The molecule has 3 aromatic carbocycles. The summed E-state index contributed by atoms with van der Waals surface area (Å²) in [6.07, 6.45) is 7.74. The van der Waals surface area contributed by atoms with Crippen molar-refractivity contribution < 1.29 is 9.53 Å². The first kappa shape index (κ1) is 26.8. The minimum absolute atomic E-state index is 0.234. The van der Waals surface area contributed by atoms with Gasteiger partial charge in [-0.25, -0.2) is 9.97 Å². The van der Waals surface area contributed by atoms with Gasteiger partial charge < -0.3 is 20.7 Å². The highest BCUT2D eigenvalue weighted by molar-refractivity contribution is 7.99. The number of halogens is 1. The molecule has 9 heteroatoms. The third-order valence-electron chi connectivity index (χ3n) is 6.39. The number of aromatic nitrogens is 2. The number of thioether (sulfide) groups is 1. The van der Waals surface area contributed by atoms with Gasteiger partial charge in [0.15, 0.2) is 5.16 Å². The molecule has 4 aromatic rings. The van der Waals surface area contributed by atoms with E-state index in [-0.39, 0.29) is 5.91 Å². The normalized spacial score (nSPS) is 13.5. The van der Waals surface area contributed by atoms with E-state index in [1.54, 1.807) is 24.3 Å². The van der Waals surface area contributed by atoms with Crippen LogP contribution in [0.15, 0.2) is 71.9 Å². The Labute approximate surface area is 237 Å². The maximum absolute atomic E-state index is 12.8. The lowest BCUT2D eigenvalue weighted by atomic mass is 9.99. The number of ether oxygens (including phenoxy) is 1. The van der Waals surface area contributed by atoms with Crippen LogP contribution < -0.4 is 20.7 Å². The van der Waals surface area contributed by atoms with E-state index in [9.17, 15) is 4.79 Å². The lowest BCUT2D eigenvalue weighted by Gasteiger charge is -2.22. The van der Waals surface area contributed by atoms with Crippen molar-refractivity contribution in [2.45, 2.75) is 18.0 Å². The molecule has 5 rings (SSSR count). The largest absolute Gasteiger partial charge is 0.493 e. The fraction of sp³-hybridized carbons (Fsp3) is 0.233. The predicted molar refractivity (Wildman–Crippen MR) is 159 cm³/mol. The molecule has 1 amide bonds. The summed E-state index contributed by atoms with van der Waals surface area (Å²) < 4.78 is 6.03. The monoisotopic (exact) mass is 557 g/mol. The van der Waals surface area contributed by atoms with Crippen LogP contribution in [0.25, 0.3) is 10.9 Å². The third-order valence-corrected chi connectivity index (χ3v) is 7.39. The summed E-state index contributed by atoms with van der Waals surface area (Å²) in [7, 11) is 0. The van der Waals surface area contributed by atoms with Gasteiger partial charge in [0.05, 0.1) is 17.9 Å². The molecular weight excluding hydrogens is 530 g/mol. The van der Waals surface area contributed by atoms with Crippen LogP contribution in [0.3, 0.4) is 0 Å². The summed E-state index contributed by atoms with van der Waals surface area (Å²) in [6.45, 7) is 2.83. The molecule has 0 bridgehead atoms. The molecule has 1 aliphatic heterocycles. The molecule has 1 saturated heterocycles. The van der Waals surface area contributed by atoms with E-state index in [0.29, 0.717) is 38.9 Å². The van der Waals surface area contributed by atoms with Crippen molar-refractivity contribution in [1.82, 2.24) is 15.3 Å². The molecule has 198 valence electrons. The van der Waals surface area contributed by atoms with Crippen molar-refractivity contribution in [2.75, 3.05) is 36.1 Å². The van der Waals surface area contributed by atoms with Gasteiger partial charge in [-0.1, -0.05) is 29.3 Å². The van der Waals surface area contributed by atoms with Crippen LogP contribution in [0.5, 0.6) is 5.75 Å². The van der Waals surface area contributed by atoms with Crippen molar-refractivity contribution in [3.8, 4) is 18.1 Å². The minimum Gasteiger partial charge on any atom is -0.493 e. The maximum Gasteiger partial charge on any atom is 0.255 e. The Bertz CT molecular complexity index is 1480. The first-order valence-corrected chi connectivity index (χ1v) is 14.1. The lowest BCUT2D eigenvalue weighted by molar-refractivity contribution is 0.102. The fourth-order valence-corrected chi connectivity index (χ4v) is 4.95. The first-order valence-electron chi connectivity index (χ1n) is 12.7. The predicted octanol–water partition coefficient (Wildman–Crippen LogP) is 6.38. The Hall–Kier alpha value is -3.77. The van der Waals surface area contributed by atoms with Gasteiger partial charge in [0.2, 0.25) is 0 Å². The molecule has 0 radical (unpaired) electrons. The zero-order valence-electron chi connectivity index (χ0n) is 21.2. The second-order valence-electron chi connectivity index (χ2n) is 9.19. The van der Waals surface area contributed by atoms with Gasteiger partial charge in [-0.3, -0.25) is 4.79 Å². The van der Waals surface area contributed by atoms with Crippen LogP contribution in [0.2, 0.25) is 5.02 Å². The van der Waals surface area contributed by atoms with Crippen molar-refractivity contribution >= 4 is 57.4 Å². The highest BCUT2D eigenvalue weighted by atomic mass is 35.5. The van der Waals surface area contributed by atoms with E-state index in [0.717, 1.165) is 54.9 Å². The van der Waals surface area contributed by atoms with Crippen LogP contribution in [0, 0.1) is 18.3 Å². The second-order valence-corrected chi connectivity index (χ2v) is 10.6. The highest BCUT2D eigenvalue weighted by Gasteiger charge is 2.14. The van der Waals surface area contributed by atoms with Crippen LogP contribution in [0.1, 0.15) is 23.2 Å². The summed E-state index contributed by atoms with van der Waals surface area (Å²) in [6, 6.07) is 20.1. The zero-order chi connectivity index (χ0) is 27.0. The number of amides is 1. The molecule has 7 nitrogen and oxygen atoms in total. The van der Waals surface area contributed by atoms with Crippen LogP contribution in [-0.4, -0.2) is 41.3 Å². The topological polar surface area (TPSA) is 88.2 Å². The zero-order valence-corrected chi connectivity index (χ0v) is 22.8. The molecule has 39 heavy (non-hydrogen) atoms. The Balaban J connectivity index is 1.36. The number of hydrogen-bond donors (Lipinski definition) is 3. The number of carbonyl (C=O) groups excluding carboxylic acids is 1. The standard InChI is InChI=1S/C30H28ClN5O2S/c1-2-17-39-30-35-27-12-9-24(34-29(37)21-3-5-22(31)6-4-21)18-26(27)28(36-30)33-23-7-10-25(11-8-23)38-19-20-13-15-32-16-14-20/h1,3-12,18,20,32H,13-17,19H2,(H,34,37)(H,33,35,36).